The molecule has 0 saturated heterocycles. The number of amides is 1. The Hall–Kier alpha value is -3.51. The molecular formula is C27H28ClNO5. The van der Waals surface area contributed by atoms with E-state index in [4.69, 9.17) is 26.2 Å². The zero-order valence-electron chi connectivity index (χ0n) is 18.8. The summed E-state index contributed by atoms with van der Waals surface area (Å²) in [5.74, 6) is -0.126. The summed E-state index contributed by atoms with van der Waals surface area (Å²) in [6.45, 7) is 0.813. The van der Waals surface area contributed by atoms with Crippen molar-refractivity contribution in [2.75, 3.05) is 18.5 Å². The maximum atomic E-state index is 12.7. The van der Waals surface area contributed by atoms with Crippen LogP contribution in [0, 0.1) is 0 Å². The Bertz CT molecular complexity index is 1070. The van der Waals surface area contributed by atoms with E-state index < -0.39 is 5.97 Å². The van der Waals surface area contributed by atoms with Crippen LogP contribution in [-0.2, 0) is 11.2 Å². The number of hydrogen-bond donors (Lipinski definition) is 2. The van der Waals surface area contributed by atoms with Crippen molar-refractivity contribution in [1.29, 1.82) is 0 Å². The number of ether oxygens (including phenoxy) is 2. The van der Waals surface area contributed by atoms with Crippen LogP contribution in [0.25, 0.3) is 0 Å². The number of aliphatic carboxylic acids is 1. The summed E-state index contributed by atoms with van der Waals surface area (Å²) in [6, 6.07) is 22.3. The lowest BCUT2D eigenvalue weighted by Gasteiger charge is -2.14. The second kappa shape index (κ2) is 13.3. The Morgan fingerprint density at radius 3 is 2.29 bits per heavy atom. The predicted molar refractivity (Wildman–Crippen MR) is 133 cm³/mol. The number of rotatable bonds is 13. The van der Waals surface area contributed by atoms with Gasteiger partial charge in [-0.3, -0.25) is 9.59 Å². The Balaban J connectivity index is 1.48. The molecule has 7 heteroatoms. The molecule has 3 aromatic carbocycles. The summed E-state index contributed by atoms with van der Waals surface area (Å²) >= 11 is 6.26. The van der Waals surface area contributed by atoms with E-state index in [0.29, 0.717) is 40.8 Å². The van der Waals surface area contributed by atoms with Gasteiger partial charge < -0.3 is 19.9 Å². The third-order valence-corrected chi connectivity index (χ3v) is 5.41. The Morgan fingerprint density at radius 1 is 0.824 bits per heavy atom. The second-order valence-corrected chi connectivity index (χ2v) is 8.14. The van der Waals surface area contributed by atoms with Crippen LogP contribution in [0.5, 0.6) is 11.5 Å². The van der Waals surface area contributed by atoms with Crippen LogP contribution in [0.3, 0.4) is 0 Å². The molecule has 3 aromatic rings. The molecule has 0 atom stereocenters. The molecular weight excluding hydrogens is 454 g/mol. The number of anilines is 1. The van der Waals surface area contributed by atoms with Crippen molar-refractivity contribution >= 4 is 29.2 Å². The van der Waals surface area contributed by atoms with Gasteiger partial charge in [-0.15, -0.1) is 0 Å². The number of carbonyl (C=O) groups is 2. The normalized spacial score (nSPS) is 10.5. The summed E-state index contributed by atoms with van der Waals surface area (Å²) in [5, 5.41) is 11.9. The lowest BCUT2D eigenvalue weighted by Crippen LogP contribution is -2.13. The van der Waals surface area contributed by atoms with Gasteiger partial charge in [-0.2, -0.15) is 0 Å². The Kier molecular flexibility index (Phi) is 9.80. The van der Waals surface area contributed by atoms with Crippen molar-refractivity contribution in [3.8, 4) is 11.5 Å². The summed E-state index contributed by atoms with van der Waals surface area (Å²) in [7, 11) is 0. The molecule has 0 unspecified atom stereocenters. The highest BCUT2D eigenvalue weighted by Crippen LogP contribution is 2.33. The molecule has 6 nitrogen and oxygen atoms in total. The van der Waals surface area contributed by atoms with Crippen LogP contribution in [0.4, 0.5) is 5.69 Å². The molecule has 0 bridgehead atoms. The summed E-state index contributed by atoms with van der Waals surface area (Å²) in [5.41, 5.74) is 2.13. The number of unbranched alkanes of at least 4 members (excludes halogenated alkanes) is 1. The quantitative estimate of drug-likeness (QED) is 0.282. The first-order chi connectivity index (χ1) is 16.5. The van der Waals surface area contributed by atoms with Gasteiger partial charge in [0.2, 0.25) is 0 Å². The number of hydrogen-bond acceptors (Lipinski definition) is 4. The van der Waals surface area contributed by atoms with E-state index in [1.807, 2.05) is 18.2 Å². The minimum Gasteiger partial charge on any atom is -0.494 e. The van der Waals surface area contributed by atoms with E-state index in [1.54, 1.807) is 42.5 Å². The standard InChI is InChI=1S/C27H28ClNO5/c28-23-11-6-12-24(34-19-7-13-25(30)31)26(23)29-27(32)21-14-16-22(17-15-21)33-18-5-4-10-20-8-2-1-3-9-20/h1-3,6,8-9,11-12,14-17H,4-5,7,10,13,18-19H2,(H,29,32)(H,30,31). The molecule has 0 spiro atoms. The van der Waals surface area contributed by atoms with Crippen molar-refractivity contribution in [3.63, 3.8) is 0 Å². The third kappa shape index (κ3) is 8.12. The number of carboxylic acids is 1. The van der Waals surface area contributed by atoms with Gasteiger partial charge >= 0.3 is 5.97 Å². The first kappa shape index (κ1) is 25.1. The van der Waals surface area contributed by atoms with E-state index in [0.717, 1.165) is 19.3 Å². The first-order valence-corrected chi connectivity index (χ1v) is 11.6. The summed E-state index contributed by atoms with van der Waals surface area (Å²) in [4.78, 5) is 23.4. The van der Waals surface area contributed by atoms with Crippen LogP contribution in [-0.4, -0.2) is 30.2 Å². The lowest BCUT2D eigenvalue weighted by atomic mass is 10.1. The van der Waals surface area contributed by atoms with Gasteiger partial charge in [-0.25, -0.2) is 0 Å². The van der Waals surface area contributed by atoms with E-state index >= 15 is 0 Å². The first-order valence-electron chi connectivity index (χ1n) is 11.2. The fourth-order valence-electron chi connectivity index (χ4n) is 3.31. The minimum absolute atomic E-state index is 0.00367. The SMILES string of the molecule is O=C(O)CCCOc1cccc(Cl)c1NC(=O)c1ccc(OCCCCc2ccccc2)cc1. The van der Waals surface area contributed by atoms with Crippen molar-refractivity contribution in [2.45, 2.75) is 32.1 Å². The molecule has 178 valence electrons. The molecule has 2 N–H and O–H groups in total. The monoisotopic (exact) mass is 481 g/mol. The van der Waals surface area contributed by atoms with E-state index in [-0.39, 0.29) is 18.9 Å². The van der Waals surface area contributed by atoms with Crippen LogP contribution in [0.15, 0.2) is 72.8 Å². The zero-order chi connectivity index (χ0) is 24.2. The van der Waals surface area contributed by atoms with Crippen LogP contribution >= 0.6 is 11.6 Å². The molecule has 34 heavy (non-hydrogen) atoms. The molecule has 0 aliphatic rings. The number of nitrogens with one attached hydrogen (secondary N) is 1. The summed E-state index contributed by atoms with van der Waals surface area (Å²) < 4.78 is 11.4. The molecule has 0 saturated carbocycles. The van der Waals surface area contributed by atoms with E-state index in [2.05, 4.69) is 17.4 Å². The van der Waals surface area contributed by atoms with E-state index in [1.165, 1.54) is 5.56 Å². The maximum absolute atomic E-state index is 12.7. The third-order valence-electron chi connectivity index (χ3n) is 5.09. The number of para-hydroxylation sites is 1. The smallest absolute Gasteiger partial charge is 0.303 e. The maximum Gasteiger partial charge on any atom is 0.303 e. The number of carboxylic acid groups (broad SMARTS) is 1. The van der Waals surface area contributed by atoms with Gasteiger partial charge in [0.05, 0.1) is 18.2 Å². The Morgan fingerprint density at radius 2 is 1.56 bits per heavy atom. The highest BCUT2D eigenvalue weighted by atomic mass is 35.5. The van der Waals surface area contributed by atoms with Crippen molar-refractivity contribution in [1.82, 2.24) is 0 Å². The van der Waals surface area contributed by atoms with Crippen LogP contribution < -0.4 is 14.8 Å². The van der Waals surface area contributed by atoms with Crippen LogP contribution in [0.1, 0.15) is 41.6 Å². The Labute approximate surface area is 204 Å². The summed E-state index contributed by atoms with van der Waals surface area (Å²) in [6.07, 6.45) is 3.37. The van der Waals surface area contributed by atoms with Gasteiger partial charge in [-0.1, -0.05) is 48.0 Å². The lowest BCUT2D eigenvalue weighted by molar-refractivity contribution is -0.137. The van der Waals surface area contributed by atoms with Crippen molar-refractivity contribution in [3.05, 3.63) is 88.9 Å². The fraction of sp³-hybridized carbons (Fsp3) is 0.259. The van der Waals surface area contributed by atoms with Gasteiger partial charge in [0.15, 0.2) is 0 Å². The molecule has 0 aromatic heterocycles. The molecule has 0 fully saturated rings. The molecule has 0 radical (unpaired) electrons. The van der Waals surface area contributed by atoms with Gasteiger partial charge in [-0.05, 0) is 67.6 Å². The average molecular weight is 482 g/mol. The highest BCUT2D eigenvalue weighted by molar-refractivity contribution is 6.34. The molecule has 1 amide bonds. The molecule has 3 rings (SSSR count). The van der Waals surface area contributed by atoms with Gasteiger partial charge in [0.25, 0.3) is 5.91 Å². The molecule has 0 aliphatic carbocycles. The fourth-order valence-corrected chi connectivity index (χ4v) is 3.52. The largest absolute Gasteiger partial charge is 0.494 e. The highest BCUT2D eigenvalue weighted by Gasteiger charge is 2.14. The van der Waals surface area contributed by atoms with E-state index in [9.17, 15) is 9.59 Å². The van der Waals surface area contributed by atoms with Crippen LogP contribution in [0.2, 0.25) is 5.02 Å². The average Bonchev–Trinajstić information content (AvgIpc) is 2.84. The number of carbonyl (C=O) groups excluding carboxylic acids is 1. The zero-order valence-corrected chi connectivity index (χ0v) is 19.6. The van der Waals surface area contributed by atoms with Crippen molar-refractivity contribution < 1.29 is 24.2 Å². The number of halogens is 1. The number of benzene rings is 3. The topological polar surface area (TPSA) is 84.9 Å². The van der Waals surface area contributed by atoms with Gasteiger partial charge in [0.1, 0.15) is 17.2 Å². The minimum atomic E-state index is -0.886. The van der Waals surface area contributed by atoms with Crippen molar-refractivity contribution in [2.24, 2.45) is 0 Å². The predicted octanol–water partition coefficient (Wildman–Crippen LogP) is 6.24. The molecule has 0 heterocycles. The number of aryl methyl sites for hydroxylation is 1. The second-order valence-electron chi connectivity index (χ2n) is 7.73. The van der Waals surface area contributed by atoms with Gasteiger partial charge in [0, 0.05) is 12.0 Å². The molecule has 0 aliphatic heterocycles.